The van der Waals surface area contributed by atoms with Gasteiger partial charge in [0.05, 0.1) is 0 Å². The van der Waals surface area contributed by atoms with Gasteiger partial charge in [0, 0.05) is 19.2 Å². The van der Waals surface area contributed by atoms with Gasteiger partial charge in [-0.3, -0.25) is 4.40 Å². The molecule has 1 saturated heterocycles. The van der Waals surface area contributed by atoms with E-state index in [0.29, 0.717) is 11.6 Å². The fraction of sp³-hybridized carbons (Fsp3) is 0.538. The molecule has 0 aliphatic carbocycles. The van der Waals surface area contributed by atoms with Gasteiger partial charge in [-0.2, -0.15) is 0 Å². The van der Waals surface area contributed by atoms with Gasteiger partial charge in [-0.15, -0.1) is 10.2 Å². The number of hydrogen-bond donors (Lipinski definition) is 1. The molecule has 0 amide bonds. The lowest BCUT2D eigenvalue weighted by Gasteiger charge is -2.12. The fourth-order valence-corrected chi connectivity index (χ4v) is 2.71. The average Bonchev–Trinajstić information content (AvgIpc) is 2.98. The van der Waals surface area contributed by atoms with Crippen LogP contribution in [-0.2, 0) is 6.42 Å². The van der Waals surface area contributed by atoms with E-state index in [1.807, 2.05) is 16.7 Å². The topological polar surface area (TPSA) is 53.7 Å². The van der Waals surface area contributed by atoms with Crippen LogP contribution in [0, 0.1) is 5.92 Å². The van der Waals surface area contributed by atoms with Crippen LogP contribution in [0.4, 0.5) is 0 Å². The number of rotatable bonds is 3. The van der Waals surface area contributed by atoms with E-state index in [1.165, 1.54) is 13.0 Å². The van der Waals surface area contributed by atoms with E-state index >= 15 is 0 Å². The summed E-state index contributed by atoms with van der Waals surface area (Å²) in [6, 6.07) is 3.46. The van der Waals surface area contributed by atoms with Gasteiger partial charge in [-0.1, -0.05) is 6.92 Å². The van der Waals surface area contributed by atoms with E-state index in [-0.39, 0.29) is 5.75 Å². The maximum absolute atomic E-state index is 9.69. The number of hydrogen-bond acceptors (Lipinski definition) is 4. The van der Waals surface area contributed by atoms with Crippen molar-refractivity contribution in [2.45, 2.75) is 19.8 Å². The van der Waals surface area contributed by atoms with Crippen molar-refractivity contribution in [1.82, 2.24) is 19.5 Å². The maximum Gasteiger partial charge on any atom is 0.203 e. The molecule has 1 aliphatic rings. The van der Waals surface area contributed by atoms with Crippen molar-refractivity contribution in [1.29, 1.82) is 0 Å². The Balaban J connectivity index is 1.81. The van der Waals surface area contributed by atoms with Gasteiger partial charge in [0.15, 0.2) is 5.75 Å². The van der Waals surface area contributed by atoms with E-state index < -0.39 is 0 Å². The molecule has 0 aromatic carbocycles. The number of likely N-dealkylation sites (tertiary alicyclic amines) is 1. The summed E-state index contributed by atoms with van der Waals surface area (Å²) in [5, 5.41) is 17.9. The number of aromatic nitrogens is 3. The summed E-state index contributed by atoms with van der Waals surface area (Å²) in [6.07, 6.45) is 4.07. The Labute approximate surface area is 106 Å². The zero-order valence-electron chi connectivity index (χ0n) is 10.6. The van der Waals surface area contributed by atoms with Crippen LogP contribution in [0.1, 0.15) is 19.2 Å². The molecule has 5 heteroatoms. The molecule has 1 atom stereocenters. The molecule has 96 valence electrons. The van der Waals surface area contributed by atoms with Crippen molar-refractivity contribution >= 4 is 5.65 Å². The third-order valence-corrected chi connectivity index (χ3v) is 3.77. The van der Waals surface area contributed by atoms with Gasteiger partial charge in [0.1, 0.15) is 5.82 Å². The predicted octanol–water partition coefficient (Wildman–Crippen LogP) is 1.32. The van der Waals surface area contributed by atoms with Crippen LogP contribution in [0.5, 0.6) is 5.75 Å². The first-order valence-electron chi connectivity index (χ1n) is 6.52. The molecule has 5 nitrogen and oxygen atoms in total. The lowest BCUT2D eigenvalue weighted by molar-refractivity contribution is 0.340. The Morgan fingerprint density at radius 1 is 1.44 bits per heavy atom. The van der Waals surface area contributed by atoms with Crippen LogP contribution in [-0.4, -0.2) is 44.2 Å². The second-order valence-corrected chi connectivity index (χ2v) is 4.96. The van der Waals surface area contributed by atoms with Gasteiger partial charge in [0.25, 0.3) is 0 Å². The minimum absolute atomic E-state index is 0.192. The van der Waals surface area contributed by atoms with Crippen molar-refractivity contribution < 1.29 is 5.11 Å². The number of aromatic hydroxyl groups is 1. The second-order valence-electron chi connectivity index (χ2n) is 4.96. The standard InChI is InChI=1S/C13H18N4O/c1-2-16-7-5-10(9-16)8-12-14-15-13-11(18)4-3-6-17(12)13/h3-4,6,10,18H,2,5,7-9H2,1H3. The third kappa shape index (κ3) is 1.95. The minimum atomic E-state index is 0.192. The highest BCUT2D eigenvalue weighted by atomic mass is 16.3. The molecular weight excluding hydrogens is 228 g/mol. The molecule has 1 aliphatic heterocycles. The zero-order chi connectivity index (χ0) is 12.5. The number of pyridine rings is 1. The average molecular weight is 246 g/mol. The Morgan fingerprint density at radius 3 is 3.11 bits per heavy atom. The molecule has 0 saturated carbocycles. The molecule has 1 unspecified atom stereocenters. The maximum atomic E-state index is 9.69. The van der Waals surface area contributed by atoms with Crippen molar-refractivity contribution in [2.75, 3.05) is 19.6 Å². The summed E-state index contributed by atoms with van der Waals surface area (Å²) >= 11 is 0. The van der Waals surface area contributed by atoms with Crippen LogP contribution < -0.4 is 0 Å². The first-order valence-corrected chi connectivity index (χ1v) is 6.52. The molecule has 1 N–H and O–H groups in total. The molecule has 0 spiro atoms. The van der Waals surface area contributed by atoms with Gasteiger partial charge >= 0.3 is 0 Å². The highest BCUT2D eigenvalue weighted by molar-refractivity contribution is 5.51. The predicted molar refractivity (Wildman–Crippen MR) is 68.6 cm³/mol. The SMILES string of the molecule is CCN1CCC(Cc2nnc3c(O)cccn23)C1. The summed E-state index contributed by atoms with van der Waals surface area (Å²) in [6.45, 7) is 5.65. The van der Waals surface area contributed by atoms with Gasteiger partial charge in [-0.25, -0.2) is 0 Å². The smallest absolute Gasteiger partial charge is 0.203 e. The number of fused-ring (bicyclic) bond motifs is 1. The first-order chi connectivity index (χ1) is 8.78. The second kappa shape index (κ2) is 4.57. The summed E-state index contributed by atoms with van der Waals surface area (Å²) in [5.74, 6) is 1.79. The highest BCUT2D eigenvalue weighted by Crippen LogP contribution is 2.22. The van der Waals surface area contributed by atoms with E-state index in [0.717, 1.165) is 25.3 Å². The van der Waals surface area contributed by atoms with Crippen molar-refractivity contribution in [3.63, 3.8) is 0 Å². The van der Waals surface area contributed by atoms with Crippen molar-refractivity contribution in [3.05, 3.63) is 24.2 Å². The summed E-state index contributed by atoms with van der Waals surface area (Å²) in [4.78, 5) is 2.46. The molecule has 1 fully saturated rings. The molecule has 0 bridgehead atoms. The number of nitrogens with zero attached hydrogens (tertiary/aromatic N) is 4. The highest BCUT2D eigenvalue weighted by Gasteiger charge is 2.23. The van der Waals surface area contributed by atoms with Crippen LogP contribution in [0.3, 0.4) is 0 Å². The minimum Gasteiger partial charge on any atom is -0.504 e. The lowest BCUT2D eigenvalue weighted by atomic mass is 10.0. The summed E-state index contributed by atoms with van der Waals surface area (Å²) in [7, 11) is 0. The monoisotopic (exact) mass is 246 g/mol. The largest absolute Gasteiger partial charge is 0.504 e. The molecule has 18 heavy (non-hydrogen) atoms. The molecule has 3 heterocycles. The summed E-state index contributed by atoms with van der Waals surface area (Å²) < 4.78 is 1.89. The zero-order valence-corrected chi connectivity index (χ0v) is 10.6. The fourth-order valence-electron chi connectivity index (χ4n) is 2.71. The van der Waals surface area contributed by atoms with E-state index in [9.17, 15) is 5.11 Å². The molecule has 2 aromatic rings. The van der Waals surface area contributed by atoms with Crippen LogP contribution in [0.2, 0.25) is 0 Å². The Kier molecular flexibility index (Phi) is 2.91. The van der Waals surface area contributed by atoms with Gasteiger partial charge in [-0.05, 0) is 37.6 Å². The van der Waals surface area contributed by atoms with Crippen LogP contribution in [0.25, 0.3) is 5.65 Å². The molecule has 3 rings (SSSR count). The van der Waals surface area contributed by atoms with E-state index in [1.54, 1.807) is 6.07 Å². The Hall–Kier alpha value is -1.62. The lowest BCUT2D eigenvalue weighted by Crippen LogP contribution is -2.20. The normalized spacial score (nSPS) is 20.8. The first kappa shape index (κ1) is 11.5. The Bertz CT molecular complexity index is 551. The van der Waals surface area contributed by atoms with Gasteiger partial charge < -0.3 is 10.0 Å². The van der Waals surface area contributed by atoms with E-state index in [4.69, 9.17) is 0 Å². The van der Waals surface area contributed by atoms with Crippen LogP contribution >= 0.6 is 0 Å². The molecule has 0 radical (unpaired) electrons. The van der Waals surface area contributed by atoms with E-state index in [2.05, 4.69) is 22.0 Å². The Morgan fingerprint density at radius 2 is 2.33 bits per heavy atom. The quantitative estimate of drug-likeness (QED) is 0.887. The summed E-state index contributed by atoms with van der Waals surface area (Å²) in [5.41, 5.74) is 0.554. The molecule has 2 aromatic heterocycles. The molecular formula is C13H18N4O. The van der Waals surface area contributed by atoms with Crippen molar-refractivity contribution in [3.8, 4) is 5.75 Å². The van der Waals surface area contributed by atoms with Crippen LogP contribution in [0.15, 0.2) is 18.3 Å². The third-order valence-electron chi connectivity index (χ3n) is 3.77. The van der Waals surface area contributed by atoms with Crippen molar-refractivity contribution in [2.24, 2.45) is 5.92 Å². The van der Waals surface area contributed by atoms with Gasteiger partial charge in [0.2, 0.25) is 5.65 Å².